The predicted octanol–water partition coefficient (Wildman–Crippen LogP) is 5.53. The Morgan fingerprint density at radius 1 is 1.06 bits per heavy atom. The van der Waals surface area contributed by atoms with Gasteiger partial charge in [0.1, 0.15) is 0 Å². The van der Waals surface area contributed by atoms with Crippen molar-refractivity contribution >= 4 is 40.4 Å². The zero-order chi connectivity index (χ0) is 23.4. The molecule has 1 heterocycles. The molecule has 32 heavy (non-hydrogen) atoms. The molecule has 0 unspecified atom stereocenters. The summed E-state index contributed by atoms with van der Waals surface area (Å²) in [5.41, 5.74) is -0.920. The van der Waals surface area contributed by atoms with Crippen LogP contribution in [0.25, 0.3) is 0 Å². The van der Waals surface area contributed by atoms with Gasteiger partial charge in [0.05, 0.1) is 11.9 Å². The second-order valence-electron chi connectivity index (χ2n) is 9.56. The van der Waals surface area contributed by atoms with Gasteiger partial charge in [-0.05, 0) is 29.3 Å². The SMILES string of the molecule is CC1=CC(=O)[C@@](C)(C[C@H](/C=C\CBr)O[Si](c2ccccc2)(c2ccccc2)C(C)(C)C)O1. The fourth-order valence-corrected chi connectivity index (χ4v) is 9.42. The third kappa shape index (κ3) is 5.00. The Kier molecular flexibility index (Phi) is 7.64. The Bertz CT molecular complexity index is 939. The average Bonchev–Trinajstić information content (AvgIpc) is 3.01. The second kappa shape index (κ2) is 9.90. The number of halogens is 1. The Labute approximate surface area is 201 Å². The lowest BCUT2D eigenvalue weighted by atomic mass is 9.94. The van der Waals surface area contributed by atoms with Crippen LogP contribution in [-0.2, 0) is 14.0 Å². The molecule has 0 amide bonds. The predicted molar refractivity (Wildman–Crippen MR) is 138 cm³/mol. The molecule has 1 aliphatic heterocycles. The molecular formula is C27H33BrO3Si. The number of ether oxygens (including phenoxy) is 1. The summed E-state index contributed by atoms with van der Waals surface area (Å²) in [7, 11) is -2.76. The first kappa shape index (κ1) is 24.7. The topological polar surface area (TPSA) is 35.5 Å². The molecule has 0 N–H and O–H groups in total. The smallest absolute Gasteiger partial charge is 0.261 e. The highest BCUT2D eigenvalue weighted by molar-refractivity contribution is 9.09. The number of hydrogen-bond donors (Lipinski definition) is 0. The van der Waals surface area contributed by atoms with Crippen LogP contribution in [0.15, 0.2) is 84.7 Å². The molecule has 0 radical (unpaired) electrons. The van der Waals surface area contributed by atoms with E-state index in [9.17, 15) is 4.79 Å². The van der Waals surface area contributed by atoms with E-state index in [1.807, 2.05) is 32.1 Å². The lowest BCUT2D eigenvalue weighted by Crippen LogP contribution is -2.68. The summed E-state index contributed by atoms with van der Waals surface area (Å²) >= 11 is 3.49. The van der Waals surface area contributed by atoms with Gasteiger partial charge in [0.15, 0.2) is 5.60 Å². The largest absolute Gasteiger partial charge is 0.484 e. The highest BCUT2D eigenvalue weighted by Gasteiger charge is 2.52. The van der Waals surface area contributed by atoms with E-state index >= 15 is 0 Å². The van der Waals surface area contributed by atoms with Gasteiger partial charge in [0.2, 0.25) is 5.78 Å². The van der Waals surface area contributed by atoms with Crippen molar-refractivity contribution in [3.63, 3.8) is 0 Å². The summed E-state index contributed by atoms with van der Waals surface area (Å²) in [5, 5.41) is 3.01. The van der Waals surface area contributed by atoms with E-state index in [1.165, 1.54) is 10.4 Å². The van der Waals surface area contributed by atoms with Gasteiger partial charge >= 0.3 is 0 Å². The normalized spacial score (nSPS) is 20.3. The van der Waals surface area contributed by atoms with Gasteiger partial charge in [-0.3, -0.25) is 4.79 Å². The molecule has 2 aromatic carbocycles. The number of alkyl halides is 1. The third-order valence-corrected chi connectivity index (χ3v) is 11.5. The molecular weight excluding hydrogens is 480 g/mol. The van der Waals surface area contributed by atoms with Gasteiger partial charge in [-0.1, -0.05) is 110 Å². The maximum Gasteiger partial charge on any atom is 0.261 e. The lowest BCUT2D eigenvalue weighted by molar-refractivity contribution is -0.130. The minimum Gasteiger partial charge on any atom is -0.484 e. The zero-order valence-corrected chi connectivity index (χ0v) is 22.2. The molecule has 170 valence electrons. The number of hydrogen-bond acceptors (Lipinski definition) is 3. The molecule has 0 bridgehead atoms. The number of carbonyl (C=O) groups excluding carboxylic acids is 1. The molecule has 3 rings (SSSR count). The van der Waals surface area contributed by atoms with E-state index in [-0.39, 0.29) is 16.9 Å². The summed E-state index contributed by atoms with van der Waals surface area (Å²) in [5.74, 6) is 0.657. The van der Waals surface area contributed by atoms with Crippen molar-refractivity contribution in [1.82, 2.24) is 0 Å². The van der Waals surface area contributed by atoms with Crippen molar-refractivity contribution in [2.45, 2.75) is 57.8 Å². The molecule has 5 heteroatoms. The summed E-state index contributed by atoms with van der Waals surface area (Å²) < 4.78 is 13.2. The third-order valence-electron chi connectivity index (χ3n) is 6.02. The van der Waals surface area contributed by atoms with Crippen LogP contribution in [-0.4, -0.2) is 31.1 Å². The van der Waals surface area contributed by atoms with Crippen molar-refractivity contribution in [3.8, 4) is 0 Å². The van der Waals surface area contributed by atoms with E-state index in [0.29, 0.717) is 12.2 Å². The fraction of sp³-hybridized carbons (Fsp3) is 0.370. The van der Waals surface area contributed by atoms with Crippen LogP contribution in [0.4, 0.5) is 0 Å². The number of benzene rings is 2. The van der Waals surface area contributed by atoms with E-state index in [2.05, 4.69) is 91.3 Å². The molecule has 2 atom stereocenters. The van der Waals surface area contributed by atoms with E-state index in [4.69, 9.17) is 9.16 Å². The van der Waals surface area contributed by atoms with Crippen molar-refractivity contribution in [2.75, 3.05) is 5.33 Å². The molecule has 0 aliphatic carbocycles. The van der Waals surface area contributed by atoms with Crippen molar-refractivity contribution in [3.05, 3.63) is 84.7 Å². The first-order valence-corrected chi connectivity index (χ1v) is 14.1. The number of ketones is 1. The van der Waals surface area contributed by atoms with Crippen LogP contribution < -0.4 is 10.4 Å². The second-order valence-corrected chi connectivity index (χ2v) is 14.5. The number of allylic oxidation sites excluding steroid dienone is 2. The monoisotopic (exact) mass is 512 g/mol. The Morgan fingerprint density at radius 3 is 2.00 bits per heavy atom. The van der Waals surface area contributed by atoms with Crippen LogP contribution in [0.3, 0.4) is 0 Å². The van der Waals surface area contributed by atoms with Crippen molar-refractivity contribution in [1.29, 1.82) is 0 Å². The maximum atomic E-state index is 12.7. The summed E-state index contributed by atoms with van der Waals surface area (Å²) in [6.45, 7) is 10.5. The highest BCUT2D eigenvalue weighted by Crippen LogP contribution is 2.39. The van der Waals surface area contributed by atoms with Gasteiger partial charge in [-0.15, -0.1) is 0 Å². The van der Waals surface area contributed by atoms with Gasteiger partial charge in [0, 0.05) is 17.8 Å². The van der Waals surface area contributed by atoms with Crippen LogP contribution >= 0.6 is 15.9 Å². The number of carbonyl (C=O) groups is 1. The maximum absolute atomic E-state index is 12.7. The summed E-state index contributed by atoms with van der Waals surface area (Å²) in [6, 6.07) is 21.1. The first-order chi connectivity index (χ1) is 15.1. The Hall–Kier alpha value is -1.95. The molecule has 1 aliphatic rings. The highest BCUT2D eigenvalue weighted by atomic mass is 79.9. The van der Waals surface area contributed by atoms with Gasteiger partial charge < -0.3 is 9.16 Å². The van der Waals surface area contributed by atoms with Crippen LogP contribution in [0.1, 0.15) is 41.0 Å². The van der Waals surface area contributed by atoms with Gasteiger partial charge in [0.25, 0.3) is 8.32 Å². The van der Waals surface area contributed by atoms with Gasteiger partial charge in [-0.25, -0.2) is 0 Å². The standard InChI is InChI=1S/C27H33BrO3Si/c1-21-19-25(29)27(5,30-21)20-22(13-12-18-28)31-32(26(2,3)4,23-14-8-6-9-15-23)24-16-10-7-11-17-24/h6-17,19,22H,18,20H2,1-5H3/b13-12-/t22-,27+/m0/s1. The van der Waals surface area contributed by atoms with E-state index < -0.39 is 13.9 Å². The van der Waals surface area contributed by atoms with Crippen molar-refractivity contribution < 1.29 is 14.0 Å². The van der Waals surface area contributed by atoms with Crippen LogP contribution in [0.2, 0.25) is 5.04 Å². The van der Waals surface area contributed by atoms with Crippen molar-refractivity contribution in [2.24, 2.45) is 0 Å². The summed E-state index contributed by atoms with van der Waals surface area (Å²) in [6.07, 6.45) is 5.88. The lowest BCUT2D eigenvalue weighted by Gasteiger charge is -2.45. The van der Waals surface area contributed by atoms with E-state index in [0.717, 1.165) is 5.33 Å². The quantitative estimate of drug-likeness (QED) is 0.264. The molecule has 0 aromatic heterocycles. The minimum absolute atomic E-state index is 0.00158. The molecule has 3 nitrogen and oxygen atoms in total. The zero-order valence-electron chi connectivity index (χ0n) is 19.6. The van der Waals surface area contributed by atoms with Crippen LogP contribution in [0.5, 0.6) is 0 Å². The van der Waals surface area contributed by atoms with Gasteiger partial charge in [-0.2, -0.15) is 0 Å². The molecule has 0 fully saturated rings. The Morgan fingerprint density at radius 2 is 1.59 bits per heavy atom. The first-order valence-electron chi connectivity index (χ1n) is 11.1. The summed E-state index contributed by atoms with van der Waals surface area (Å²) in [4.78, 5) is 12.7. The minimum atomic E-state index is -2.76. The average molecular weight is 514 g/mol. The Balaban J connectivity index is 2.12. The van der Waals surface area contributed by atoms with Crippen LogP contribution in [0, 0.1) is 0 Å². The number of rotatable bonds is 8. The molecule has 2 aromatic rings. The van der Waals surface area contributed by atoms with E-state index in [1.54, 1.807) is 6.08 Å². The fourth-order valence-electron chi connectivity index (χ4n) is 4.57. The molecule has 0 saturated heterocycles. The molecule has 0 spiro atoms. The molecule has 0 saturated carbocycles.